The fraction of sp³-hybridized carbons (Fsp3) is 0.333. The first-order valence-corrected chi connectivity index (χ1v) is 5.72. The van der Waals surface area contributed by atoms with Crippen LogP contribution in [-0.2, 0) is 15.8 Å². The predicted molar refractivity (Wildman–Crippen MR) is 47.2 cm³/mol. The summed E-state index contributed by atoms with van der Waals surface area (Å²) in [6.07, 6.45) is 0. The minimum Gasteiger partial charge on any atom is -0.217 e. The first-order chi connectivity index (χ1) is 7.12. The average Bonchev–Trinajstić information content (AvgIpc) is 2.24. The molecular formula is C9H6F4O2S. The predicted octanol–water partition coefficient (Wildman–Crippen LogP) is 2.47. The number of benzene rings is 1. The molecule has 0 fully saturated rings. The molecule has 2 rings (SSSR count). The Morgan fingerprint density at radius 1 is 1.12 bits per heavy atom. The van der Waals surface area contributed by atoms with Gasteiger partial charge in [0, 0.05) is 5.56 Å². The molecule has 1 aliphatic rings. The Morgan fingerprint density at radius 3 is 2.25 bits per heavy atom. The Labute approximate surface area is 88.8 Å². The van der Waals surface area contributed by atoms with Crippen LogP contribution in [0.5, 0.6) is 0 Å². The van der Waals surface area contributed by atoms with E-state index in [9.17, 15) is 26.0 Å². The SMILES string of the molecule is Cc1ccc2c(c1)C(F)(F)C(F)(F)S2(=O)=O. The monoisotopic (exact) mass is 254 g/mol. The van der Waals surface area contributed by atoms with Gasteiger partial charge in [0.15, 0.2) is 0 Å². The minimum atomic E-state index is -5.29. The van der Waals surface area contributed by atoms with Crippen LogP contribution in [0.15, 0.2) is 23.1 Å². The number of hydrogen-bond donors (Lipinski definition) is 0. The molecule has 7 heteroatoms. The summed E-state index contributed by atoms with van der Waals surface area (Å²) in [6, 6.07) is 2.76. The molecule has 88 valence electrons. The van der Waals surface area contributed by atoms with E-state index >= 15 is 0 Å². The van der Waals surface area contributed by atoms with Crippen LogP contribution in [-0.4, -0.2) is 13.7 Å². The molecule has 0 spiro atoms. The number of hydrogen-bond acceptors (Lipinski definition) is 2. The maximum Gasteiger partial charge on any atom is 0.415 e. The van der Waals surface area contributed by atoms with E-state index in [1.54, 1.807) is 0 Å². The van der Waals surface area contributed by atoms with E-state index in [2.05, 4.69) is 0 Å². The molecule has 0 saturated carbocycles. The second-order valence-corrected chi connectivity index (χ2v) is 5.55. The lowest BCUT2D eigenvalue weighted by Crippen LogP contribution is -2.38. The van der Waals surface area contributed by atoms with Crippen LogP contribution in [0, 0.1) is 6.92 Å². The molecule has 0 bridgehead atoms. The first kappa shape index (κ1) is 11.4. The second-order valence-electron chi connectivity index (χ2n) is 3.59. The van der Waals surface area contributed by atoms with Crippen molar-refractivity contribution in [1.29, 1.82) is 0 Å². The summed E-state index contributed by atoms with van der Waals surface area (Å²) < 4.78 is 75.1. The van der Waals surface area contributed by atoms with Crippen LogP contribution in [0.25, 0.3) is 0 Å². The van der Waals surface area contributed by atoms with Gasteiger partial charge in [0.25, 0.3) is 9.84 Å². The number of alkyl halides is 4. The van der Waals surface area contributed by atoms with Gasteiger partial charge in [-0.1, -0.05) is 11.6 Å². The highest BCUT2D eigenvalue weighted by Crippen LogP contribution is 2.56. The molecule has 0 amide bonds. The van der Waals surface area contributed by atoms with E-state index in [1.165, 1.54) is 13.0 Å². The Hall–Kier alpha value is -1.11. The van der Waals surface area contributed by atoms with Crippen molar-refractivity contribution in [1.82, 2.24) is 0 Å². The summed E-state index contributed by atoms with van der Waals surface area (Å²) in [5, 5.41) is -5.07. The van der Waals surface area contributed by atoms with Gasteiger partial charge in [0.05, 0.1) is 4.90 Å². The maximum atomic E-state index is 13.3. The number of sulfone groups is 1. The highest BCUT2D eigenvalue weighted by molar-refractivity contribution is 7.93. The Balaban J connectivity index is 2.90. The van der Waals surface area contributed by atoms with Crippen LogP contribution in [0.4, 0.5) is 17.6 Å². The molecule has 0 aromatic heterocycles. The van der Waals surface area contributed by atoms with E-state index < -0.39 is 31.5 Å². The third-order valence-electron chi connectivity index (χ3n) is 2.47. The number of halogens is 4. The smallest absolute Gasteiger partial charge is 0.217 e. The van der Waals surface area contributed by atoms with Crippen molar-refractivity contribution in [2.45, 2.75) is 23.0 Å². The zero-order valence-electron chi connectivity index (χ0n) is 7.97. The number of aryl methyl sites for hydroxylation is 1. The molecule has 1 heterocycles. The van der Waals surface area contributed by atoms with Crippen molar-refractivity contribution in [3.05, 3.63) is 29.3 Å². The molecule has 0 unspecified atom stereocenters. The summed E-state index contributed by atoms with van der Waals surface area (Å²) in [6.45, 7) is 1.42. The molecule has 0 aliphatic carbocycles. The molecule has 0 atom stereocenters. The van der Waals surface area contributed by atoms with Crippen molar-refractivity contribution in [3.63, 3.8) is 0 Å². The van der Waals surface area contributed by atoms with E-state index in [0.717, 1.165) is 12.1 Å². The quantitative estimate of drug-likeness (QED) is 0.666. The van der Waals surface area contributed by atoms with E-state index in [-0.39, 0.29) is 0 Å². The lowest BCUT2D eigenvalue weighted by atomic mass is 10.1. The molecule has 1 aromatic rings. The topological polar surface area (TPSA) is 34.1 Å². The molecule has 16 heavy (non-hydrogen) atoms. The average molecular weight is 254 g/mol. The molecular weight excluding hydrogens is 248 g/mol. The third-order valence-corrected chi connectivity index (χ3v) is 4.33. The third kappa shape index (κ3) is 1.04. The van der Waals surface area contributed by atoms with Gasteiger partial charge in [-0.25, -0.2) is 8.42 Å². The lowest BCUT2D eigenvalue weighted by Gasteiger charge is -2.17. The second kappa shape index (κ2) is 2.77. The van der Waals surface area contributed by atoms with E-state index in [4.69, 9.17) is 0 Å². The fourth-order valence-corrected chi connectivity index (χ4v) is 3.03. The van der Waals surface area contributed by atoms with Crippen LogP contribution >= 0.6 is 0 Å². The number of rotatable bonds is 0. The lowest BCUT2D eigenvalue weighted by molar-refractivity contribution is -0.158. The Kier molecular flexibility index (Phi) is 1.97. The normalized spacial score (nSPS) is 24.1. The number of fused-ring (bicyclic) bond motifs is 1. The highest BCUT2D eigenvalue weighted by atomic mass is 32.2. The first-order valence-electron chi connectivity index (χ1n) is 4.24. The van der Waals surface area contributed by atoms with Gasteiger partial charge in [-0.15, -0.1) is 0 Å². The van der Waals surface area contributed by atoms with Crippen LogP contribution in [0.3, 0.4) is 0 Å². The largest absolute Gasteiger partial charge is 0.415 e. The van der Waals surface area contributed by atoms with Crippen LogP contribution in [0.2, 0.25) is 0 Å². The molecule has 2 nitrogen and oxygen atoms in total. The zero-order valence-corrected chi connectivity index (χ0v) is 8.79. The van der Waals surface area contributed by atoms with Gasteiger partial charge in [0.2, 0.25) is 0 Å². The van der Waals surface area contributed by atoms with Crippen molar-refractivity contribution in [3.8, 4) is 0 Å². The molecule has 1 aliphatic heterocycles. The zero-order chi connectivity index (χ0) is 12.4. The summed E-state index contributed by atoms with van der Waals surface area (Å²) in [7, 11) is -5.29. The van der Waals surface area contributed by atoms with Gasteiger partial charge in [-0.3, -0.25) is 0 Å². The van der Waals surface area contributed by atoms with Gasteiger partial charge >= 0.3 is 11.2 Å². The Morgan fingerprint density at radius 2 is 1.69 bits per heavy atom. The van der Waals surface area contributed by atoms with Crippen LogP contribution in [0.1, 0.15) is 11.1 Å². The molecule has 0 saturated heterocycles. The Bertz CT molecular complexity index is 563. The van der Waals surface area contributed by atoms with E-state index in [0.29, 0.717) is 5.56 Å². The van der Waals surface area contributed by atoms with Crippen LogP contribution < -0.4 is 0 Å². The fourth-order valence-electron chi connectivity index (χ4n) is 1.59. The minimum absolute atomic E-state index is 0.298. The standard InChI is InChI=1S/C9H6F4O2S/c1-5-2-3-7-6(4-5)8(10,11)9(12,13)16(7,14)15/h2-4H,1H3. The summed E-state index contributed by atoms with van der Waals surface area (Å²) in [5.74, 6) is -4.67. The van der Waals surface area contributed by atoms with Gasteiger partial charge in [-0.05, 0) is 19.1 Å². The summed E-state index contributed by atoms with van der Waals surface area (Å²) >= 11 is 0. The van der Waals surface area contributed by atoms with Crippen molar-refractivity contribution < 1.29 is 26.0 Å². The molecule has 1 aromatic carbocycles. The van der Waals surface area contributed by atoms with E-state index in [1.807, 2.05) is 0 Å². The van der Waals surface area contributed by atoms with Gasteiger partial charge < -0.3 is 0 Å². The van der Waals surface area contributed by atoms with Gasteiger partial charge in [0.1, 0.15) is 0 Å². The van der Waals surface area contributed by atoms with Crippen molar-refractivity contribution in [2.75, 3.05) is 0 Å². The summed E-state index contributed by atoms with van der Waals surface area (Å²) in [5.41, 5.74) is -0.830. The summed E-state index contributed by atoms with van der Waals surface area (Å²) in [4.78, 5) is -0.992. The highest BCUT2D eigenvalue weighted by Gasteiger charge is 2.73. The maximum absolute atomic E-state index is 13.3. The molecule has 0 N–H and O–H groups in total. The van der Waals surface area contributed by atoms with Crippen molar-refractivity contribution >= 4 is 9.84 Å². The van der Waals surface area contributed by atoms with Gasteiger partial charge in [-0.2, -0.15) is 17.6 Å². The van der Waals surface area contributed by atoms with Crippen molar-refractivity contribution in [2.24, 2.45) is 0 Å². The molecule has 0 radical (unpaired) electrons.